The highest BCUT2D eigenvalue weighted by atomic mass is 32.2. The molecule has 0 bridgehead atoms. The number of aliphatic hydroxyl groups excluding tert-OH is 1. The molecule has 2 rings (SSSR count). The van der Waals surface area contributed by atoms with Gasteiger partial charge in [-0.1, -0.05) is 24.3 Å². The van der Waals surface area contributed by atoms with Gasteiger partial charge < -0.3 is 5.11 Å². The first-order valence-electron chi connectivity index (χ1n) is 6.22. The summed E-state index contributed by atoms with van der Waals surface area (Å²) >= 11 is 0. The Hall–Kier alpha value is -2.36. The van der Waals surface area contributed by atoms with Gasteiger partial charge >= 0.3 is 0 Å². The van der Waals surface area contributed by atoms with Crippen molar-refractivity contribution in [3.8, 4) is 6.07 Å². The molecule has 0 heterocycles. The van der Waals surface area contributed by atoms with E-state index < -0.39 is 10.0 Å². The molecule has 0 saturated heterocycles. The lowest BCUT2D eigenvalue weighted by molar-refractivity contribution is 0.282. The third kappa shape index (κ3) is 4.31. The standard InChI is InChI=1S/C15H14N2O3S/c16-9-12-4-6-13(7-5-12)11-21(19,20)17-15-3-1-2-14(8-15)10-18/h1-8,17-18H,10-11H2. The number of aliphatic hydroxyl groups is 1. The zero-order valence-electron chi connectivity index (χ0n) is 11.2. The third-order valence-electron chi connectivity index (χ3n) is 2.82. The van der Waals surface area contributed by atoms with Gasteiger partial charge in [0.1, 0.15) is 0 Å². The first kappa shape index (κ1) is 15.0. The molecule has 0 aromatic heterocycles. The van der Waals surface area contributed by atoms with Gasteiger partial charge in [0.15, 0.2) is 0 Å². The second kappa shape index (κ2) is 6.39. The van der Waals surface area contributed by atoms with Crippen LogP contribution < -0.4 is 4.72 Å². The summed E-state index contributed by atoms with van der Waals surface area (Å²) in [6, 6.07) is 14.9. The van der Waals surface area contributed by atoms with Gasteiger partial charge in [0.2, 0.25) is 10.0 Å². The molecule has 0 atom stereocenters. The van der Waals surface area contributed by atoms with E-state index in [2.05, 4.69) is 4.72 Å². The Labute approximate surface area is 123 Å². The van der Waals surface area contributed by atoms with Crippen LogP contribution in [-0.4, -0.2) is 13.5 Å². The van der Waals surface area contributed by atoms with E-state index in [1.807, 2.05) is 6.07 Å². The molecule has 0 unspecified atom stereocenters. The highest BCUT2D eigenvalue weighted by Crippen LogP contribution is 2.15. The summed E-state index contributed by atoms with van der Waals surface area (Å²) in [6.45, 7) is -0.148. The van der Waals surface area contributed by atoms with Gasteiger partial charge in [-0.3, -0.25) is 4.72 Å². The van der Waals surface area contributed by atoms with Crippen molar-refractivity contribution in [2.75, 3.05) is 4.72 Å². The first-order chi connectivity index (χ1) is 10.0. The van der Waals surface area contributed by atoms with Gasteiger partial charge in [-0.25, -0.2) is 8.42 Å². The molecule has 108 valence electrons. The summed E-state index contributed by atoms with van der Waals surface area (Å²) in [7, 11) is -3.55. The van der Waals surface area contributed by atoms with Gasteiger partial charge in [-0.15, -0.1) is 0 Å². The average molecular weight is 302 g/mol. The number of rotatable bonds is 5. The fourth-order valence-electron chi connectivity index (χ4n) is 1.84. The number of nitrogens with one attached hydrogen (secondary N) is 1. The van der Waals surface area contributed by atoms with Crippen molar-refractivity contribution < 1.29 is 13.5 Å². The minimum absolute atomic E-state index is 0.148. The van der Waals surface area contributed by atoms with E-state index in [1.165, 1.54) is 0 Å². The Balaban J connectivity index is 2.12. The molecule has 2 aromatic rings. The fourth-order valence-corrected chi connectivity index (χ4v) is 3.03. The molecule has 2 aromatic carbocycles. The Bertz CT molecular complexity index is 762. The molecular formula is C15H14N2O3S. The Morgan fingerprint density at radius 2 is 1.81 bits per heavy atom. The van der Waals surface area contributed by atoms with E-state index in [9.17, 15) is 8.42 Å². The monoisotopic (exact) mass is 302 g/mol. The summed E-state index contributed by atoms with van der Waals surface area (Å²) in [6.07, 6.45) is 0. The van der Waals surface area contributed by atoms with Crippen LogP contribution in [-0.2, 0) is 22.4 Å². The molecule has 2 N–H and O–H groups in total. The first-order valence-corrected chi connectivity index (χ1v) is 7.87. The van der Waals surface area contributed by atoms with E-state index in [0.717, 1.165) is 0 Å². The molecule has 0 radical (unpaired) electrons. The predicted molar refractivity (Wildman–Crippen MR) is 79.8 cm³/mol. The van der Waals surface area contributed by atoms with E-state index in [1.54, 1.807) is 48.5 Å². The van der Waals surface area contributed by atoms with Crippen molar-refractivity contribution in [3.05, 3.63) is 65.2 Å². The number of nitriles is 1. The van der Waals surface area contributed by atoms with Crippen LogP contribution in [0.1, 0.15) is 16.7 Å². The Kier molecular flexibility index (Phi) is 4.58. The molecular weight excluding hydrogens is 288 g/mol. The third-order valence-corrected chi connectivity index (χ3v) is 4.08. The van der Waals surface area contributed by atoms with Crippen molar-refractivity contribution in [2.24, 2.45) is 0 Å². The van der Waals surface area contributed by atoms with E-state index in [-0.39, 0.29) is 12.4 Å². The number of hydrogen-bond donors (Lipinski definition) is 2. The van der Waals surface area contributed by atoms with Crippen LogP contribution in [0.2, 0.25) is 0 Å². The quantitative estimate of drug-likeness (QED) is 0.883. The molecule has 6 heteroatoms. The Morgan fingerprint density at radius 1 is 1.10 bits per heavy atom. The Morgan fingerprint density at radius 3 is 2.43 bits per heavy atom. The number of nitrogens with zero attached hydrogens (tertiary/aromatic N) is 1. The maximum atomic E-state index is 12.1. The van der Waals surface area contributed by atoms with Gasteiger partial charge in [0, 0.05) is 5.69 Å². The lowest BCUT2D eigenvalue weighted by Crippen LogP contribution is -2.15. The summed E-state index contributed by atoms with van der Waals surface area (Å²) in [5.41, 5.74) is 2.13. The minimum Gasteiger partial charge on any atom is -0.392 e. The van der Waals surface area contributed by atoms with Gasteiger partial charge in [-0.2, -0.15) is 5.26 Å². The summed E-state index contributed by atoms with van der Waals surface area (Å²) in [5.74, 6) is -0.179. The smallest absolute Gasteiger partial charge is 0.236 e. The molecule has 0 amide bonds. The van der Waals surface area contributed by atoms with Crippen molar-refractivity contribution in [1.82, 2.24) is 0 Å². The molecule has 0 aliphatic carbocycles. The molecule has 0 aliphatic rings. The van der Waals surface area contributed by atoms with E-state index in [4.69, 9.17) is 10.4 Å². The molecule has 0 spiro atoms. The zero-order valence-corrected chi connectivity index (χ0v) is 12.0. The van der Waals surface area contributed by atoms with Crippen molar-refractivity contribution in [2.45, 2.75) is 12.4 Å². The number of sulfonamides is 1. The van der Waals surface area contributed by atoms with Crippen molar-refractivity contribution in [3.63, 3.8) is 0 Å². The van der Waals surface area contributed by atoms with E-state index >= 15 is 0 Å². The van der Waals surface area contributed by atoms with Crippen LogP contribution in [0.4, 0.5) is 5.69 Å². The highest BCUT2D eigenvalue weighted by Gasteiger charge is 2.12. The van der Waals surface area contributed by atoms with Crippen LogP contribution in [0.15, 0.2) is 48.5 Å². The largest absolute Gasteiger partial charge is 0.392 e. The van der Waals surface area contributed by atoms with Crippen molar-refractivity contribution >= 4 is 15.7 Å². The normalized spacial score (nSPS) is 10.9. The molecule has 5 nitrogen and oxygen atoms in total. The second-order valence-electron chi connectivity index (χ2n) is 4.53. The second-order valence-corrected chi connectivity index (χ2v) is 6.25. The fraction of sp³-hybridized carbons (Fsp3) is 0.133. The van der Waals surface area contributed by atoms with Crippen LogP contribution in [0.25, 0.3) is 0 Å². The van der Waals surface area contributed by atoms with Crippen LogP contribution >= 0.6 is 0 Å². The molecule has 21 heavy (non-hydrogen) atoms. The van der Waals surface area contributed by atoms with Crippen molar-refractivity contribution in [1.29, 1.82) is 5.26 Å². The van der Waals surface area contributed by atoms with Gasteiger partial charge in [0.05, 0.1) is 24.0 Å². The highest BCUT2D eigenvalue weighted by molar-refractivity contribution is 7.91. The average Bonchev–Trinajstić information content (AvgIpc) is 2.47. The summed E-state index contributed by atoms with van der Waals surface area (Å²) in [4.78, 5) is 0. The molecule has 0 fully saturated rings. The SMILES string of the molecule is N#Cc1ccc(CS(=O)(=O)Nc2cccc(CO)c2)cc1. The van der Waals surface area contributed by atoms with E-state index in [0.29, 0.717) is 22.4 Å². The molecule has 0 saturated carbocycles. The lowest BCUT2D eigenvalue weighted by Gasteiger charge is -2.09. The maximum Gasteiger partial charge on any atom is 0.236 e. The summed E-state index contributed by atoms with van der Waals surface area (Å²) < 4.78 is 26.6. The molecule has 0 aliphatic heterocycles. The maximum absolute atomic E-state index is 12.1. The predicted octanol–water partition coefficient (Wildman–Crippen LogP) is 1.99. The number of anilines is 1. The lowest BCUT2D eigenvalue weighted by atomic mass is 10.2. The minimum atomic E-state index is -3.55. The van der Waals surface area contributed by atoms with Gasteiger partial charge in [0.25, 0.3) is 0 Å². The van der Waals surface area contributed by atoms with Gasteiger partial charge in [-0.05, 0) is 35.4 Å². The topological polar surface area (TPSA) is 90.2 Å². The number of benzene rings is 2. The van der Waals surface area contributed by atoms with Crippen LogP contribution in [0.5, 0.6) is 0 Å². The summed E-state index contributed by atoms with van der Waals surface area (Å²) in [5, 5.41) is 17.7. The zero-order chi connectivity index (χ0) is 15.3. The number of hydrogen-bond acceptors (Lipinski definition) is 4. The van der Waals surface area contributed by atoms with Crippen LogP contribution in [0, 0.1) is 11.3 Å². The van der Waals surface area contributed by atoms with Crippen LogP contribution in [0.3, 0.4) is 0 Å².